The molecule has 0 saturated heterocycles. The van der Waals surface area contributed by atoms with Crippen LogP contribution in [-0.2, 0) is 17.8 Å². The standard InChI is InChI=1S/C21H25N3O2/c1-17-7-4-8-18(15-17)26-14-6-13-24-20-10-3-2-9-19(20)23-21(24)11-5-12-22-16-25/h2-4,7-10,15-16H,5-6,11-14H2,1H3,(H,22,25). The first-order valence-corrected chi connectivity index (χ1v) is 9.08. The Morgan fingerprint density at radius 1 is 1.15 bits per heavy atom. The molecule has 5 nitrogen and oxygen atoms in total. The minimum atomic E-state index is 0.669. The van der Waals surface area contributed by atoms with Crippen molar-refractivity contribution >= 4 is 17.4 Å². The number of para-hydroxylation sites is 2. The van der Waals surface area contributed by atoms with Crippen LogP contribution in [0.15, 0.2) is 48.5 Å². The van der Waals surface area contributed by atoms with Crippen molar-refractivity contribution in [2.24, 2.45) is 0 Å². The first kappa shape index (κ1) is 18.0. The summed E-state index contributed by atoms with van der Waals surface area (Å²) in [7, 11) is 0. The van der Waals surface area contributed by atoms with E-state index in [0.29, 0.717) is 13.2 Å². The van der Waals surface area contributed by atoms with Crippen LogP contribution in [0.5, 0.6) is 5.75 Å². The van der Waals surface area contributed by atoms with Crippen LogP contribution < -0.4 is 10.1 Å². The Bertz CT molecular complexity index is 857. The summed E-state index contributed by atoms with van der Waals surface area (Å²) in [5, 5.41) is 2.71. The highest BCUT2D eigenvalue weighted by atomic mass is 16.5. The summed E-state index contributed by atoms with van der Waals surface area (Å²) < 4.78 is 8.14. The minimum absolute atomic E-state index is 0.669. The number of benzene rings is 2. The molecule has 136 valence electrons. The molecule has 0 radical (unpaired) electrons. The molecule has 1 N–H and O–H groups in total. The van der Waals surface area contributed by atoms with E-state index < -0.39 is 0 Å². The van der Waals surface area contributed by atoms with Crippen LogP contribution >= 0.6 is 0 Å². The Balaban J connectivity index is 1.62. The van der Waals surface area contributed by atoms with Crippen LogP contribution in [0, 0.1) is 6.92 Å². The highest BCUT2D eigenvalue weighted by Gasteiger charge is 2.10. The second-order valence-electron chi connectivity index (χ2n) is 6.36. The molecule has 0 spiro atoms. The van der Waals surface area contributed by atoms with Crippen molar-refractivity contribution in [2.75, 3.05) is 13.2 Å². The lowest BCUT2D eigenvalue weighted by Crippen LogP contribution is -2.14. The molecule has 26 heavy (non-hydrogen) atoms. The third-order valence-electron chi connectivity index (χ3n) is 4.32. The molecule has 1 amide bonds. The fourth-order valence-corrected chi connectivity index (χ4v) is 3.09. The van der Waals surface area contributed by atoms with Gasteiger partial charge in [0.1, 0.15) is 11.6 Å². The number of carbonyl (C=O) groups excluding carboxylic acids is 1. The van der Waals surface area contributed by atoms with Gasteiger partial charge in [-0.1, -0.05) is 24.3 Å². The smallest absolute Gasteiger partial charge is 0.207 e. The lowest BCUT2D eigenvalue weighted by atomic mass is 10.2. The van der Waals surface area contributed by atoms with Gasteiger partial charge < -0.3 is 14.6 Å². The SMILES string of the molecule is Cc1cccc(OCCCn2c(CCCNC=O)nc3ccccc32)c1. The summed E-state index contributed by atoms with van der Waals surface area (Å²) in [6.07, 6.45) is 3.37. The monoisotopic (exact) mass is 351 g/mol. The second-order valence-corrected chi connectivity index (χ2v) is 6.36. The van der Waals surface area contributed by atoms with Crippen LogP contribution in [-0.4, -0.2) is 29.1 Å². The van der Waals surface area contributed by atoms with Crippen molar-refractivity contribution in [2.45, 2.75) is 32.7 Å². The maximum Gasteiger partial charge on any atom is 0.207 e. The van der Waals surface area contributed by atoms with Gasteiger partial charge in [0, 0.05) is 19.5 Å². The molecule has 0 bridgehead atoms. The first-order chi connectivity index (χ1) is 12.8. The molecule has 0 aliphatic heterocycles. The molecular weight excluding hydrogens is 326 g/mol. The van der Waals surface area contributed by atoms with Crippen molar-refractivity contribution in [3.8, 4) is 5.75 Å². The number of imidazole rings is 1. The van der Waals surface area contributed by atoms with Crippen molar-refractivity contribution in [1.82, 2.24) is 14.9 Å². The molecule has 5 heteroatoms. The van der Waals surface area contributed by atoms with E-state index in [2.05, 4.69) is 35.0 Å². The summed E-state index contributed by atoms with van der Waals surface area (Å²) in [6.45, 7) is 4.27. The number of ether oxygens (including phenoxy) is 1. The topological polar surface area (TPSA) is 56.1 Å². The van der Waals surface area contributed by atoms with Crippen molar-refractivity contribution < 1.29 is 9.53 Å². The highest BCUT2D eigenvalue weighted by Crippen LogP contribution is 2.18. The lowest BCUT2D eigenvalue weighted by molar-refractivity contribution is -0.109. The van der Waals surface area contributed by atoms with E-state index in [1.165, 1.54) is 5.56 Å². The van der Waals surface area contributed by atoms with E-state index in [-0.39, 0.29) is 0 Å². The summed E-state index contributed by atoms with van der Waals surface area (Å²) in [5.74, 6) is 1.98. The van der Waals surface area contributed by atoms with Crippen LogP contribution in [0.1, 0.15) is 24.2 Å². The van der Waals surface area contributed by atoms with E-state index in [0.717, 1.165) is 54.8 Å². The molecule has 0 aliphatic carbocycles. The van der Waals surface area contributed by atoms with E-state index in [1.54, 1.807) is 0 Å². The van der Waals surface area contributed by atoms with Crippen LogP contribution in [0.2, 0.25) is 0 Å². The molecule has 1 heterocycles. The normalized spacial score (nSPS) is 10.8. The Morgan fingerprint density at radius 2 is 2.04 bits per heavy atom. The van der Waals surface area contributed by atoms with Crippen molar-refractivity contribution in [3.05, 3.63) is 59.9 Å². The summed E-state index contributed by atoms with van der Waals surface area (Å²) in [4.78, 5) is 15.2. The van der Waals surface area contributed by atoms with Crippen LogP contribution in [0.25, 0.3) is 11.0 Å². The maximum atomic E-state index is 10.4. The van der Waals surface area contributed by atoms with Gasteiger partial charge in [-0.3, -0.25) is 4.79 Å². The fraction of sp³-hybridized carbons (Fsp3) is 0.333. The molecular formula is C21H25N3O2. The average molecular weight is 351 g/mol. The van der Waals surface area contributed by atoms with Gasteiger partial charge in [-0.05, 0) is 49.6 Å². The van der Waals surface area contributed by atoms with Gasteiger partial charge in [0.25, 0.3) is 0 Å². The Kier molecular flexibility index (Phi) is 6.25. The van der Waals surface area contributed by atoms with Gasteiger partial charge in [0.15, 0.2) is 0 Å². The lowest BCUT2D eigenvalue weighted by Gasteiger charge is -2.11. The third kappa shape index (κ3) is 4.63. The number of rotatable bonds is 10. The quantitative estimate of drug-likeness (QED) is 0.449. The van der Waals surface area contributed by atoms with E-state index in [4.69, 9.17) is 9.72 Å². The van der Waals surface area contributed by atoms with E-state index in [9.17, 15) is 4.79 Å². The van der Waals surface area contributed by atoms with Gasteiger partial charge in [0.05, 0.1) is 17.6 Å². The molecule has 3 aromatic rings. The number of fused-ring (bicyclic) bond motifs is 1. The number of hydrogen-bond donors (Lipinski definition) is 1. The largest absolute Gasteiger partial charge is 0.494 e. The number of nitrogens with one attached hydrogen (secondary N) is 1. The van der Waals surface area contributed by atoms with Crippen molar-refractivity contribution in [3.63, 3.8) is 0 Å². The third-order valence-corrected chi connectivity index (χ3v) is 4.32. The van der Waals surface area contributed by atoms with Crippen LogP contribution in [0.3, 0.4) is 0 Å². The Morgan fingerprint density at radius 3 is 2.88 bits per heavy atom. The summed E-state index contributed by atoms with van der Waals surface area (Å²) >= 11 is 0. The van der Waals surface area contributed by atoms with Crippen LogP contribution in [0.4, 0.5) is 0 Å². The van der Waals surface area contributed by atoms with Crippen molar-refractivity contribution in [1.29, 1.82) is 0 Å². The minimum Gasteiger partial charge on any atom is -0.494 e. The first-order valence-electron chi connectivity index (χ1n) is 9.08. The molecule has 2 aromatic carbocycles. The summed E-state index contributed by atoms with van der Waals surface area (Å²) in [6, 6.07) is 16.3. The maximum absolute atomic E-state index is 10.4. The van der Waals surface area contributed by atoms with Gasteiger partial charge >= 0.3 is 0 Å². The van der Waals surface area contributed by atoms with E-state index in [1.807, 2.05) is 30.3 Å². The molecule has 0 saturated carbocycles. The number of carbonyl (C=O) groups is 1. The summed E-state index contributed by atoms with van der Waals surface area (Å²) in [5.41, 5.74) is 3.38. The predicted octanol–water partition coefficient (Wildman–Crippen LogP) is 3.49. The average Bonchev–Trinajstić information content (AvgIpc) is 3.00. The second kappa shape index (κ2) is 9.04. The molecule has 1 aromatic heterocycles. The number of nitrogens with zero attached hydrogens (tertiary/aromatic N) is 2. The predicted molar refractivity (Wildman–Crippen MR) is 103 cm³/mol. The zero-order valence-electron chi connectivity index (χ0n) is 15.1. The van der Waals surface area contributed by atoms with Gasteiger partial charge in [-0.2, -0.15) is 0 Å². The zero-order chi connectivity index (χ0) is 18.2. The molecule has 0 aliphatic rings. The number of amides is 1. The number of hydrogen-bond acceptors (Lipinski definition) is 3. The highest BCUT2D eigenvalue weighted by molar-refractivity contribution is 5.75. The number of aryl methyl sites for hydroxylation is 3. The Hall–Kier alpha value is -2.82. The molecule has 0 atom stereocenters. The Labute approximate surface area is 154 Å². The fourth-order valence-electron chi connectivity index (χ4n) is 3.09. The zero-order valence-corrected chi connectivity index (χ0v) is 15.1. The number of aromatic nitrogens is 2. The molecule has 3 rings (SSSR count). The van der Waals surface area contributed by atoms with Gasteiger partial charge in [0.2, 0.25) is 6.41 Å². The molecule has 0 fully saturated rings. The van der Waals surface area contributed by atoms with E-state index >= 15 is 0 Å². The van der Waals surface area contributed by atoms with Gasteiger partial charge in [-0.15, -0.1) is 0 Å². The molecule has 0 unspecified atom stereocenters. The van der Waals surface area contributed by atoms with Gasteiger partial charge in [-0.25, -0.2) is 4.98 Å².